The van der Waals surface area contributed by atoms with E-state index in [0.29, 0.717) is 18.5 Å². The number of carbonyl (C=O) groups excluding carboxylic acids is 2. The predicted octanol–water partition coefficient (Wildman–Crippen LogP) is 2.43. The van der Waals surface area contributed by atoms with Gasteiger partial charge in [-0.3, -0.25) is 14.6 Å². The molecule has 21 heavy (non-hydrogen) atoms. The van der Waals surface area contributed by atoms with Gasteiger partial charge in [-0.05, 0) is 31.0 Å². The maximum absolute atomic E-state index is 12.0. The topological polar surface area (TPSA) is 76.0 Å². The first-order chi connectivity index (χ1) is 10.1. The zero-order valence-electron chi connectivity index (χ0n) is 12.4. The molecule has 1 rings (SSSR count). The monoisotopic (exact) mass is 291 g/mol. The molecule has 0 radical (unpaired) electrons. The average molecular weight is 291 g/mol. The van der Waals surface area contributed by atoms with Gasteiger partial charge in [0.2, 0.25) is 0 Å². The summed E-state index contributed by atoms with van der Waals surface area (Å²) in [7, 11) is 0. The summed E-state index contributed by atoms with van der Waals surface area (Å²) in [5.74, 6) is -1.74. The molecule has 1 atom stereocenters. The number of aliphatic hydroxyl groups is 1. The van der Waals surface area contributed by atoms with E-state index in [1.807, 2.05) is 6.92 Å². The van der Waals surface area contributed by atoms with E-state index in [9.17, 15) is 9.59 Å². The van der Waals surface area contributed by atoms with Gasteiger partial charge in [0, 0.05) is 12.6 Å². The lowest BCUT2D eigenvalue weighted by Gasteiger charge is -2.09. The Hall–Kier alpha value is -2.01. The number of esters is 1. The number of Topliss-reactive ketones (excluding diaryl/α,β-unsaturated/α-hetero) is 1. The molecule has 0 saturated heterocycles. The Kier molecular flexibility index (Phi) is 7.32. The molecule has 0 amide bonds. The van der Waals surface area contributed by atoms with Gasteiger partial charge in [0.15, 0.2) is 11.7 Å². The summed E-state index contributed by atoms with van der Waals surface area (Å²) in [6.07, 6.45) is 2.31. The van der Waals surface area contributed by atoms with Crippen molar-refractivity contribution in [2.75, 3.05) is 6.61 Å². The molecule has 0 aliphatic heterocycles. The zero-order valence-corrected chi connectivity index (χ0v) is 12.4. The molecule has 1 aromatic rings. The SMILES string of the molecule is CCCC(=O)C(C=Nc1cccc(CO)c1)C(=O)OCC. The fourth-order valence-electron chi connectivity index (χ4n) is 1.81. The van der Waals surface area contributed by atoms with Crippen LogP contribution in [0.15, 0.2) is 29.3 Å². The molecule has 1 unspecified atom stereocenters. The maximum Gasteiger partial charge on any atom is 0.321 e. The van der Waals surface area contributed by atoms with Crippen LogP contribution in [0.1, 0.15) is 32.3 Å². The van der Waals surface area contributed by atoms with Crippen molar-refractivity contribution >= 4 is 23.7 Å². The number of ether oxygens (including phenoxy) is 1. The molecule has 0 spiro atoms. The first-order valence-corrected chi connectivity index (χ1v) is 7.05. The summed E-state index contributed by atoms with van der Waals surface area (Å²) in [5.41, 5.74) is 1.30. The van der Waals surface area contributed by atoms with Gasteiger partial charge in [0.25, 0.3) is 0 Å². The highest BCUT2D eigenvalue weighted by molar-refractivity contribution is 6.12. The Bertz CT molecular complexity index is 493. The normalized spacial score (nSPS) is 12.3. The number of hydrogen-bond donors (Lipinski definition) is 1. The minimum atomic E-state index is -0.970. The van der Waals surface area contributed by atoms with Gasteiger partial charge in [0.1, 0.15) is 0 Å². The number of nitrogens with zero attached hydrogens (tertiary/aromatic N) is 1. The van der Waals surface area contributed by atoms with Crippen LogP contribution in [0.4, 0.5) is 5.69 Å². The second-order valence-electron chi connectivity index (χ2n) is 4.55. The van der Waals surface area contributed by atoms with Gasteiger partial charge >= 0.3 is 5.97 Å². The summed E-state index contributed by atoms with van der Waals surface area (Å²) in [4.78, 5) is 28.0. The third kappa shape index (κ3) is 5.47. The van der Waals surface area contributed by atoms with Crippen LogP contribution in [-0.4, -0.2) is 29.7 Å². The number of carbonyl (C=O) groups is 2. The van der Waals surface area contributed by atoms with E-state index in [1.54, 1.807) is 31.2 Å². The number of rotatable bonds is 8. The van der Waals surface area contributed by atoms with Crippen molar-refractivity contribution in [1.82, 2.24) is 0 Å². The van der Waals surface area contributed by atoms with Crippen molar-refractivity contribution in [3.63, 3.8) is 0 Å². The first-order valence-electron chi connectivity index (χ1n) is 7.05. The third-order valence-electron chi connectivity index (χ3n) is 2.85. The lowest BCUT2D eigenvalue weighted by molar-refractivity contribution is -0.148. The zero-order chi connectivity index (χ0) is 15.7. The fraction of sp³-hybridized carbons (Fsp3) is 0.438. The molecule has 1 N–H and O–H groups in total. The van der Waals surface area contributed by atoms with Crippen molar-refractivity contribution in [3.8, 4) is 0 Å². The standard InChI is InChI=1S/C16H21NO4/c1-3-6-15(19)14(16(20)21-4-2)10-17-13-8-5-7-12(9-13)11-18/h5,7-10,14,18H,3-4,6,11H2,1-2H3. The van der Waals surface area contributed by atoms with Crippen molar-refractivity contribution < 1.29 is 19.4 Å². The Morgan fingerprint density at radius 3 is 2.76 bits per heavy atom. The van der Waals surface area contributed by atoms with Gasteiger partial charge in [-0.25, -0.2) is 0 Å². The highest BCUT2D eigenvalue weighted by Crippen LogP contribution is 2.15. The van der Waals surface area contributed by atoms with Crippen molar-refractivity contribution in [1.29, 1.82) is 0 Å². The van der Waals surface area contributed by atoms with E-state index in [2.05, 4.69) is 4.99 Å². The van der Waals surface area contributed by atoms with Crippen LogP contribution in [0.2, 0.25) is 0 Å². The van der Waals surface area contributed by atoms with Gasteiger partial charge in [0.05, 0.1) is 18.9 Å². The van der Waals surface area contributed by atoms with Gasteiger partial charge in [-0.1, -0.05) is 19.1 Å². The quantitative estimate of drug-likeness (QED) is 0.453. The predicted molar refractivity (Wildman–Crippen MR) is 80.6 cm³/mol. The number of benzene rings is 1. The highest BCUT2D eigenvalue weighted by atomic mass is 16.5. The number of aliphatic hydroxyl groups excluding tert-OH is 1. The second-order valence-corrected chi connectivity index (χ2v) is 4.55. The summed E-state index contributed by atoms with van der Waals surface area (Å²) in [6.45, 7) is 3.71. The molecule has 5 heteroatoms. The van der Waals surface area contributed by atoms with Crippen LogP contribution in [0.25, 0.3) is 0 Å². The molecule has 0 aliphatic rings. The number of hydrogen-bond acceptors (Lipinski definition) is 5. The highest BCUT2D eigenvalue weighted by Gasteiger charge is 2.25. The van der Waals surface area contributed by atoms with Crippen LogP contribution in [-0.2, 0) is 20.9 Å². The minimum Gasteiger partial charge on any atom is -0.465 e. The molecule has 0 aromatic heterocycles. The molecule has 0 heterocycles. The van der Waals surface area contributed by atoms with Crippen LogP contribution < -0.4 is 0 Å². The van der Waals surface area contributed by atoms with Crippen LogP contribution in [0.5, 0.6) is 0 Å². The Balaban J connectivity index is 2.90. The number of ketones is 1. The molecule has 0 saturated carbocycles. The number of aliphatic imine (C=N–C) groups is 1. The summed E-state index contributed by atoms with van der Waals surface area (Å²) >= 11 is 0. The largest absolute Gasteiger partial charge is 0.465 e. The van der Waals surface area contributed by atoms with E-state index < -0.39 is 11.9 Å². The molecule has 5 nitrogen and oxygen atoms in total. The van der Waals surface area contributed by atoms with Crippen molar-refractivity contribution in [2.45, 2.75) is 33.3 Å². The lowest BCUT2D eigenvalue weighted by Crippen LogP contribution is -2.27. The van der Waals surface area contributed by atoms with E-state index in [4.69, 9.17) is 9.84 Å². The van der Waals surface area contributed by atoms with Crippen LogP contribution >= 0.6 is 0 Å². The van der Waals surface area contributed by atoms with E-state index >= 15 is 0 Å². The molecular formula is C16H21NO4. The van der Waals surface area contributed by atoms with E-state index in [0.717, 1.165) is 5.56 Å². The van der Waals surface area contributed by atoms with E-state index in [1.165, 1.54) is 6.21 Å². The average Bonchev–Trinajstić information content (AvgIpc) is 2.48. The van der Waals surface area contributed by atoms with E-state index in [-0.39, 0.29) is 19.0 Å². The van der Waals surface area contributed by atoms with Gasteiger partial charge < -0.3 is 9.84 Å². The van der Waals surface area contributed by atoms with Crippen LogP contribution in [0, 0.1) is 5.92 Å². The smallest absolute Gasteiger partial charge is 0.321 e. The Morgan fingerprint density at radius 2 is 2.14 bits per heavy atom. The summed E-state index contributed by atoms with van der Waals surface area (Å²) in [6, 6.07) is 6.96. The molecule has 0 fully saturated rings. The van der Waals surface area contributed by atoms with Gasteiger partial charge in [-0.2, -0.15) is 0 Å². The van der Waals surface area contributed by atoms with Crippen molar-refractivity contribution in [3.05, 3.63) is 29.8 Å². The molecular weight excluding hydrogens is 270 g/mol. The third-order valence-corrected chi connectivity index (χ3v) is 2.85. The second kappa shape index (κ2) is 9.02. The van der Waals surface area contributed by atoms with Crippen LogP contribution in [0.3, 0.4) is 0 Å². The Labute approximate surface area is 124 Å². The van der Waals surface area contributed by atoms with Gasteiger partial charge in [-0.15, -0.1) is 0 Å². The molecule has 0 aliphatic carbocycles. The lowest BCUT2D eigenvalue weighted by atomic mass is 10.0. The Morgan fingerprint density at radius 1 is 1.38 bits per heavy atom. The van der Waals surface area contributed by atoms with Crippen molar-refractivity contribution in [2.24, 2.45) is 10.9 Å². The molecule has 1 aromatic carbocycles. The summed E-state index contributed by atoms with van der Waals surface area (Å²) < 4.78 is 4.91. The molecule has 0 bridgehead atoms. The summed E-state index contributed by atoms with van der Waals surface area (Å²) in [5, 5.41) is 9.08. The molecule has 114 valence electrons. The fourth-order valence-corrected chi connectivity index (χ4v) is 1.81. The first kappa shape index (κ1) is 17.0. The maximum atomic E-state index is 12.0. The minimum absolute atomic E-state index is 0.0839.